The molecule has 30 heavy (non-hydrogen) atoms. The van der Waals surface area contributed by atoms with Crippen molar-refractivity contribution in [2.45, 2.75) is 39.8 Å². The predicted octanol–water partition coefficient (Wildman–Crippen LogP) is 3.25. The van der Waals surface area contributed by atoms with Crippen LogP contribution in [0.15, 0.2) is 42.5 Å². The van der Waals surface area contributed by atoms with Gasteiger partial charge in [-0.2, -0.15) is 5.10 Å². The first-order chi connectivity index (χ1) is 14.5. The Morgan fingerprint density at radius 3 is 2.70 bits per heavy atom. The Morgan fingerprint density at radius 1 is 1.10 bits per heavy atom. The molecule has 4 heterocycles. The summed E-state index contributed by atoms with van der Waals surface area (Å²) < 4.78 is 1.68. The standard InChI is InChI=1S/C23H24N6O/c1-14-7-6-10-20(24-14)23-22-18(17-8-4-5-9-19(17)26-22)11-12-28(23)21(30)13-29-16(3)25-15(2)27-29/h4-10,23,26H,11-13H2,1-3H3/t23-/m1/s1. The third-order valence-electron chi connectivity index (χ3n) is 5.79. The van der Waals surface area contributed by atoms with Crippen LogP contribution in [0.1, 0.15) is 40.3 Å². The van der Waals surface area contributed by atoms with Gasteiger partial charge in [-0.15, -0.1) is 0 Å². The number of H-pyrrole nitrogens is 1. The van der Waals surface area contributed by atoms with Crippen LogP contribution in [0.25, 0.3) is 10.9 Å². The molecule has 1 aliphatic rings. The topological polar surface area (TPSA) is 79.7 Å². The highest BCUT2D eigenvalue weighted by molar-refractivity contribution is 5.86. The Balaban J connectivity index is 1.59. The van der Waals surface area contributed by atoms with Crippen LogP contribution in [0.5, 0.6) is 0 Å². The first-order valence-corrected chi connectivity index (χ1v) is 10.2. The van der Waals surface area contributed by atoms with Gasteiger partial charge in [-0.3, -0.25) is 9.78 Å². The molecule has 1 aliphatic heterocycles. The molecule has 0 saturated heterocycles. The number of benzene rings is 1. The van der Waals surface area contributed by atoms with E-state index in [2.05, 4.69) is 33.3 Å². The molecule has 1 atom stereocenters. The molecule has 0 saturated carbocycles. The third-order valence-corrected chi connectivity index (χ3v) is 5.79. The van der Waals surface area contributed by atoms with Gasteiger partial charge in [-0.05, 0) is 51.0 Å². The van der Waals surface area contributed by atoms with Crippen molar-refractivity contribution in [2.75, 3.05) is 6.54 Å². The van der Waals surface area contributed by atoms with Gasteiger partial charge >= 0.3 is 0 Å². The summed E-state index contributed by atoms with van der Waals surface area (Å²) in [4.78, 5) is 28.0. The molecule has 0 aliphatic carbocycles. The van der Waals surface area contributed by atoms with Crippen molar-refractivity contribution in [1.29, 1.82) is 0 Å². The monoisotopic (exact) mass is 400 g/mol. The van der Waals surface area contributed by atoms with Crippen LogP contribution in [0.3, 0.4) is 0 Å². The molecule has 1 amide bonds. The largest absolute Gasteiger partial charge is 0.356 e. The van der Waals surface area contributed by atoms with Gasteiger partial charge in [-0.1, -0.05) is 24.3 Å². The number of hydrogen-bond donors (Lipinski definition) is 1. The Kier molecular flexibility index (Phi) is 4.38. The molecule has 3 aromatic heterocycles. The lowest BCUT2D eigenvalue weighted by atomic mass is 9.94. The lowest BCUT2D eigenvalue weighted by Gasteiger charge is -2.35. The number of amides is 1. The minimum absolute atomic E-state index is 0.0145. The van der Waals surface area contributed by atoms with Crippen LogP contribution >= 0.6 is 0 Å². The van der Waals surface area contributed by atoms with Gasteiger partial charge in [-0.25, -0.2) is 9.67 Å². The van der Waals surface area contributed by atoms with Crippen molar-refractivity contribution >= 4 is 16.8 Å². The molecular formula is C23H24N6O. The predicted molar refractivity (Wildman–Crippen MR) is 114 cm³/mol. The van der Waals surface area contributed by atoms with Crippen LogP contribution < -0.4 is 0 Å². The number of aromatic nitrogens is 5. The Morgan fingerprint density at radius 2 is 1.93 bits per heavy atom. The smallest absolute Gasteiger partial charge is 0.245 e. The van der Waals surface area contributed by atoms with Crippen molar-refractivity contribution in [3.8, 4) is 0 Å². The number of hydrogen-bond acceptors (Lipinski definition) is 4. The second-order valence-corrected chi connectivity index (χ2v) is 7.87. The minimum atomic E-state index is -0.251. The van der Waals surface area contributed by atoms with E-state index < -0.39 is 0 Å². The fourth-order valence-electron chi connectivity index (χ4n) is 4.46. The maximum absolute atomic E-state index is 13.4. The number of nitrogens with zero attached hydrogens (tertiary/aromatic N) is 5. The molecule has 1 aromatic carbocycles. The zero-order valence-corrected chi connectivity index (χ0v) is 17.4. The highest BCUT2D eigenvalue weighted by Crippen LogP contribution is 2.38. The van der Waals surface area contributed by atoms with Crippen molar-refractivity contribution in [1.82, 2.24) is 29.6 Å². The van der Waals surface area contributed by atoms with Crippen LogP contribution in [0.2, 0.25) is 0 Å². The third kappa shape index (κ3) is 3.07. The molecule has 0 fully saturated rings. The molecule has 1 N–H and O–H groups in total. The van der Waals surface area contributed by atoms with E-state index in [1.54, 1.807) is 4.68 Å². The van der Waals surface area contributed by atoms with Gasteiger partial charge in [0, 0.05) is 28.8 Å². The van der Waals surface area contributed by atoms with Gasteiger partial charge in [0.2, 0.25) is 5.91 Å². The van der Waals surface area contributed by atoms with E-state index in [0.717, 1.165) is 34.8 Å². The summed E-state index contributed by atoms with van der Waals surface area (Å²) in [5.41, 5.74) is 5.24. The highest BCUT2D eigenvalue weighted by atomic mass is 16.2. The van der Waals surface area contributed by atoms with Crippen molar-refractivity contribution < 1.29 is 4.79 Å². The summed E-state index contributed by atoms with van der Waals surface area (Å²) in [5.74, 6) is 1.43. The molecule has 4 aromatic rings. The van der Waals surface area contributed by atoms with E-state index >= 15 is 0 Å². The van der Waals surface area contributed by atoms with Gasteiger partial charge in [0.25, 0.3) is 0 Å². The molecule has 5 rings (SSSR count). The molecule has 0 unspecified atom stereocenters. The summed E-state index contributed by atoms with van der Waals surface area (Å²) in [6, 6.07) is 14.1. The Labute approximate surface area is 174 Å². The van der Waals surface area contributed by atoms with Crippen molar-refractivity contribution in [2.24, 2.45) is 0 Å². The fraction of sp³-hybridized carbons (Fsp3) is 0.304. The fourth-order valence-corrected chi connectivity index (χ4v) is 4.46. The average molecular weight is 400 g/mol. The normalized spacial score (nSPS) is 16.1. The number of carbonyl (C=O) groups excluding carboxylic acids is 1. The SMILES string of the molecule is Cc1cccc([C@@H]2c3[nH]c4ccccc4c3CCN2C(=O)Cn2nc(C)nc2C)n1. The van der Waals surface area contributed by atoms with Crippen LogP contribution in [0, 0.1) is 20.8 Å². The lowest BCUT2D eigenvalue weighted by Crippen LogP contribution is -2.42. The van der Waals surface area contributed by atoms with E-state index in [0.29, 0.717) is 12.4 Å². The maximum Gasteiger partial charge on any atom is 0.245 e. The molecule has 7 heteroatoms. The van der Waals surface area contributed by atoms with Gasteiger partial charge < -0.3 is 9.88 Å². The van der Waals surface area contributed by atoms with Crippen molar-refractivity contribution in [3.05, 3.63) is 76.8 Å². The quantitative estimate of drug-likeness (QED) is 0.572. The van der Waals surface area contributed by atoms with Crippen LogP contribution in [-0.4, -0.2) is 42.1 Å². The second-order valence-electron chi connectivity index (χ2n) is 7.87. The second kappa shape index (κ2) is 7.09. The zero-order chi connectivity index (χ0) is 20.8. The van der Waals surface area contributed by atoms with E-state index in [1.165, 1.54) is 10.9 Å². The molecule has 0 radical (unpaired) electrons. The van der Waals surface area contributed by atoms with E-state index in [1.807, 2.05) is 49.9 Å². The lowest BCUT2D eigenvalue weighted by molar-refractivity contribution is -0.134. The number of aryl methyl sites for hydroxylation is 3. The molecule has 152 valence electrons. The molecule has 0 bridgehead atoms. The van der Waals surface area contributed by atoms with E-state index in [9.17, 15) is 4.79 Å². The molecule has 0 spiro atoms. The average Bonchev–Trinajstić information content (AvgIpc) is 3.26. The summed E-state index contributed by atoms with van der Waals surface area (Å²) in [7, 11) is 0. The first-order valence-electron chi connectivity index (χ1n) is 10.2. The number of pyridine rings is 1. The zero-order valence-electron chi connectivity index (χ0n) is 17.4. The maximum atomic E-state index is 13.4. The number of aromatic amines is 1. The number of fused-ring (bicyclic) bond motifs is 3. The highest BCUT2D eigenvalue weighted by Gasteiger charge is 2.35. The number of rotatable bonds is 3. The molecule has 7 nitrogen and oxygen atoms in total. The minimum Gasteiger partial charge on any atom is -0.356 e. The van der Waals surface area contributed by atoms with Crippen molar-refractivity contribution in [3.63, 3.8) is 0 Å². The van der Waals surface area contributed by atoms with Gasteiger partial charge in [0.05, 0.1) is 5.69 Å². The van der Waals surface area contributed by atoms with Crippen LogP contribution in [-0.2, 0) is 17.8 Å². The Hall–Kier alpha value is -3.48. The number of nitrogens with one attached hydrogen (secondary N) is 1. The summed E-state index contributed by atoms with van der Waals surface area (Å²) >= 11 is 0. The number of para-hydroxylation sites is 1. The van der Waals surface area contributed by atoms with Gasteiger partial charge in [0.1, 0.15) is 24.2 Å². The van der Waals surface area contributed by atoms with E-state index in [-0.39, 0.29) is 18.5 Å². The summed E-state index contributed by atoms with van der Waals surface area (Å²) in [5, 5.41) is 5.59. The summed E-state index contributed by atoms with van der Waals surface area (Å²) in [6.07, 6.45) is 0.808. The van der Waals surface area contributed by atoms with Crippen LogP contribution in [0.4, 0.5) is 0 Å². The molecular weight excluding hydrogens is 376 g/mol. The summed E-state index contributed by atoms with van der Waals surface area (Å²) in [6.45, 7) is 6.50. The Bertz CT molecular complexity index is 1250. The first kappa shape index (κ1) is 18.5. The van der Waals surface area contributed by atoms with Gasteiger partial charge in [0.15, 0.2) is 0 Å². The van der Waals surface area contributed by atoms with E-state index in [4.69, 9.17) is 4.98 Å². The number of carbonyl (C=O) groups is 1.